The van der Waals surface area contributed by atoms with Crippen LogP contribution in [0.25, 0.3) is 0 Å². The quantitative estimate of drug-likeness (QED) is 0.649. The Labute approximate surface area is 85.9 Å². The van der Waals surface area contributed by atoms with Gasteiger partial charge in [-0.15, -0.1) is 0 Å². The Balaban J connectivity index is 3.26. The molecule has 72 valence electrons. The summed E-state index contributed by atoms with van der Waals surface area (Å²) in [7, 11) is 0. The Morgan fingerprint density at radius 1 is 1.00 bits per heavy atom. The van der Waals surface area contributed by atoms with Crippen LogP contribution in [0.1, 0.15) is 50.7 Å². The van der Waals surface area contributed by atoms with E-state index in [1.54, 1.807) is 0 Å². The van der Waals surface area contributed by atoms with E-state index in [-0.39, 0.29) is 0 Å². The van der Waals surface area contributed by atoms with E-state index in [1.165, 1.54) is 11.1 Å². The Bertz CT molecular complexity index is 287. The molecule has 0 amide bonds. The molecule has 0 aliphatic carbocycles. The molecule has 0 aliphatic rings. The first-order chi connectivity index (χ1) is 6.04. The van der Waals surface area contributed by atoms with E-state index < -0.39 is 0 Å². The minimum absolute atomic E-state index is 0.506. The monoisotopic (exact) mass is 196 g/mol. The van der Waals surface area contributed by atoms with Gasteiger partial charge in [-0.1, -0.05) is 51.4 Å². The van der Waals surface area contributed by atoms with Crippen molar-refractivity contribution >= 4 is 11.6 Å². The second-order valence-electron chi connectivity index (χ2n) is 4.05. The zero-order chi connectivity index (χ0) is 10.0. The maximum atomic E-state index is 6.17. The van der Waals surface area contributed by atoms with Crippen LogP contribution in [0.3, 0.4) is 0 Å². The van der Waals surface area contributed by atoms with Gasteiger partial charge in [0.15, 0.2) is 0 Å². The Kier molecular flexibility index (Phi) is 3.38. The fourth-order valence-corrected chi connectivity index (χ4v) is 2.07. The van der Waals surface area contributed by atoms with E-state index in [2.05, 4.69) is 33.8 Å². The molecule has 1 heteroatoms. The predicted molar refractivity (Wildman–Crippen MR) is 59.6 cm³/mol. The molecule has 13 heavy (non-hydrogen) atoms. The van der Waals surface area contributed by atoms with Crippen molar-refractivity contribution in [3.8, 4) is 0 Å². The molecule has 0 fully saturated rings. The maximum absolute atomic E-state index is 6.17. The van der Waals surface area contributed by atoms with Crippen LogP contribution < -0.4 is 0 Å². The summed E-state index contributed by atoms with van der Waals surface area (Å²) in [6.07, 6.45) is 0. The summed E-state index contributed by atoms with van der Waals surface area (Å²) >= 11 is 6.17. The van der Waals surface area contributed by atoms with Crippen LogP contribution in [0, 0.1) is 0 Å². The second kappa shape index (κ2) is 4.15. The zero-order valence-electron chi connectivity index (χ0n) is 8.76. The van der Waals surface area contributed by atoms with E-state index in [0.29, 0.717) is 11.8 Å². The number of hydrogen-bond acceptors (Lipinski definition) is 0. The summed E-state index contributed by atoms with van der Waals surface area (Å²) in [6.45, 7) is 8.79. The van der Waals surface area contributed by atoms with Gasteiger partial charge in [0.2, 0.25) is 0 Å². The molecule has 0 aromatic heterocycles. The van der Waals surface area contributed by atoms with Gasteiger partial charge in [-0.05, 0) is 29.0 Å². The third-order valence-corrected chi connectivity index (χ3v) is 2.62. The molecule has 0 unspecified atom stereocenters. The van der Waals surface area contributed by atoms with Crippen LogP contribution in [0.4, 0.5) is 0 Å². The van der Waals surface area contributed by atoms with Gasteiger partial charge < -0.3 is 0 Å². The zero-order valence-corrected chi connectivity index (χ0v) is 9.52. The lowest BCUT2D eigenvalue weighted by Crippen LogP contribution is -1.99. The van der Waals surface area contributed by atoms with Crippen LogP contribution in [0.5, 0.6) is 0 Å². The molecular formula is C12H17Cl. The highest BCUT2D eigenvalue weighted by molar-refractivity contribution is 6.31. The smallest absolute Gasteiger partial charge is 0.0443 e. The average molecular weight is 197 g/mol. The van der Waals surface area contributed by atoms with Crippen molar-refractivity contribution in [2.24, 2.45) is 0 Å². The molecule has 0 saturated carbocycles. The fraction of sp³-hybridized carbons (Fsp3) is 0.500. The second-order valence-corrected chi connectivity index (χ2v) is 4.46. The van der Waals surface area contributed by atoms with Crippen LogP contribution in [0.15, 0.2) is 18.2 Å². The molecule has 0 saturated heterocycles. The summed E-state index contributed by atoms with van der Waals surface area (Å²) < 4.78 is 0. The first kappa shape index (κ1) is 10.6. The molecule has 0 nitrogen and oxygen atoms in total. The van der Waals surface area contributed by atoms with Gasteiger partial charge in [0, 0.05) is 5.02 Å². The standard InChI is InChI=1S/C12H17Cl/c1-8(2)10-6-5-7-11(13)12(10)9(3)4/h5-9H,1-4H3. The molecular weight excluding hydrogens is 180 g/mol. The van der Waals surface area contributed by atoms with Gasteiger partial charge >= 0.3 is 0 Å². The van der Waals surface area contributed by atoms with Gasteiger partial charge in [0.05, 0.1) is 0 Å². The van der Waals surface area contributed by atoms with Gasteiger partial charge in [-0.25, -0.2) is 0 Å². The van der Waals surface area contributed by atoms with E-state index in [4.69, 9.17) is 11.6 Å². The van der Waals surface area contributed by atoms with Crippen LogP contribution in [-0.4, -0.2) is 0 Å². The van der Waals surface area contributed by atoms with Crippen molar-refractivity contribution in [2.75, 3.05) is 0 Å². The topological polar surface area (TPSA) is 0 Å². The highest BCUT2D eigenvalue weighted by Gasteiger charge is 2.12. The number of hydrogen-bond donors (Lipinski definition) is 0. The van der Waals surface area contributed by atoms with Crippen LogP contribution >= 0.6 is 11.6 Å². The van der Waals surface area contributed by atoms with Crippen molar-refractivity contribution in [1.29, 1.82) is 0 Å². The lowest BCUT2D eigenvalue weighted by atomic mass is 9.91. The molecule has 0 spiro atoms. The molecule has 1 aromatic carbocycles. The normalized spacial score (nSPS) is 11.3. The van der Waals surface area contributed by atoms with Crippen molar-refractivity contribution < 1.29 is 0 Å². The molecule has 0 N–H and O–H groups in total. The number of rotatable bonds is 2. The summed E-state index contributed by atoms with van der Waals surface area (Å²) in [5.41, 5.74) is 2.68. The van der Waals surface area contributed by atoms with E-state index in [0.717, 1.165) is 5.02 Å². The fourth-order valence-electron chi connectivity index (χ4n) is 1.67. The third-order valence-electron chi connectivity index (χ3n) is 2.29. The minimum atomic E-state index is 0.506. The van der Waals surface area contributed by atoms with Gasteiger partial charge in [0.1, 0.15) is 0 Å². The highest BCUT2D eigenvalue weighted by atomic mass is 35.5. The van der Waals surface area contributed by atoms with Crippen molar-refractivity contribution in [3.05, 3.63) is 34.3 Å². The third kappa shape index (κ3) is 2.25. The van der Waals surface area contributed by atoms with E-state index in [9.17, 15) is 0 Å². The van der Waals surface area contributed by atoms with Gasteiger partial charge in [-0.2, -0.15) is 0 Å². The molecule has 0 aliphatic heterocycles. The molecule has 0 atom stereocenters. The molecule has 1 aromatic rings. The van der Waals surface area contributed by atoms with E-state index >= 15 is 0 Å². The lowest BCUT2D eigenvalue weighted by Gasteiger charge is -2.17. The van der Waals surface area contributed by atoms with Gasteiger partial charge in [-0.3, -0.25) is 0 Å². The number of benzene rings is 1. The van der Waals surface area contributed by atoms with Crippen molar-refractivity contribution in [3.63, 3.8) is 0 Å². The molecule has 0 heterocycles. The van der Waals surface area contributed by atoms with Crippen LogP contribution in [-0.2, 0) is 0 Å². The Hall–Kier alpha value is -0.490. The SMILES string of the molecule is CC(C)c1cccc(Cl)c1C(C)C. The predicted octanol–water partition coefficient (Wildman–Crippen LogP) is 4.59. The van der Waals surface area contributed by atoms with Crippen LogP contribution in [0.2, 0.25) is 5.02 Å². The summed E-state index contributed by atoms with van der Waals surface area (Å²) in [5.74, 6) is 1.06. The Morgan fingerprint density at radius 2 is 1.62 bits per heavy atom. The lowest BCUT2D eigenvalue weighted by molar-refractivity contribution is 0.790. The largest absolute Gasteiger partial charge is 0.0840 e. The van der Waals surface area contributed by atoms with Crippen molar-refractivity contribution in [1.82, 2.24) is 0 Å². The first-order valence-corrected chi connectivity index (χ1v) is 5.20. The summed E-state index contributed by atoms with van der Waals surface area (Å²) in [5, 5.41) is 0.904. The minimum Gasteiger partial charge on any atom is -0.0840 e. The molecule has 1 rings (SSSR count). The first-order valence-electron chi connectivity index (χ1n) is 4.82. The van der Waals surface area contributed by atoms with Gasteiger partial charge in [0.25, 0.3) is 0 Å². The van der Waals surface area contributed by atoms with Crippen molar-refractivity contribution in [2.45, 2.75) is 39.5 Å². The van der Waals surface area contributed by atoms with E-state index in [1.807, 2.05) is 12.1 Å². The average Bonchev–Trinajstić information content (AvgIpc) is 2.02. The summed E-state index contributed by atoms with van der Waals surface area (Å²) in [4.78, 5) is 0. The highest BCUT2D eigenvalue weighted by Crippen LogP contribution is 2.31. The molecule has 0 radical (unpaired) electrons. The Morgan fingerprint density at radius 3 is 2.00 bits per heavy atom. The molecule has 0 bridgehead atoms. The number of halogens is 1. The summed E-state index contributed by atoms with van der Waals surface area (Å²) in [6, 6.07) is 6.18. The maximum Gasteiger partial charge on any atom is 0.0443 e.